The van der Waals surface area contributed by atoms with Gasteiger partial charge in [-0.25, -0.2) is 9.67 Å². The van der Waals surface area contributed by atoms with Crippen molar-refractivity contribution in [1.82, 2.24) is 25.0 Å². The van der Waals surface area contributed by atoms with Gasteiger partial charge in [0, 0.05) is 6.54 Å². The second-order valence-corrected chi connectivity index (χ2v) is 5.52. The summed E-state index contributed by atoms with van der Waals surface area (Å²) in [5, 5.41) is 6.98. The molecule has 7 heteroatoms. The summed E-state index contributed by atoms with van der Waals surface area (Å²) >= 11 is 0. The molecule has 1 aromatic rings. The van der Waals surface area contributed by atoms with Gasteiger partial charge in [-0.2, -0.15) is 5.10 Å². The van der Waals surface area contributed by atoms with E-state index in [1.165, 1.54) is 6.33 Å². The van der Waals surface area contributed by atoms with E-state index in [1.54, 1.807) is 16.5 Å². The number of aromatic nitrogens is 3. The Morgan fingerprint density at radius 1 is 1.33 bits per heavy atom. The Hall–Kier alpha value is -1.92. The molecule has 0 aromatic carbocycles. The average Bonchev–Trinajstić information content (AvgIpc) is 2.92. The fourth-order valence-electron chi connectivity index (χ4n) is 2.66. The minimum Gasteiger partial charge on any atom is -0.340 e. The monoisotopic (exact) mass is 293 g/mol. The molecule has 2 rings (SSSR count). The van der Waals surface area contributed by atoms with Crippen molar-refractivity contribution in [3.8, 4) is 0 Å². The average molecular weight is 293 g/mol. The van der Waals surface area contributed by atoms with Crippen molar-refractivity contribution < 1.29 is 9.59 Å². The van der Waals surface area contributed by atoms with E-state index in [0.29, 0.717) is 31.8 Å². The van der Waals surface area contributed by atoms with E-state index in [-0.39, 0.29) is 11.8 Å². The molecule has 0 aliphatic carbocycles. The van der Waals surface area contributed by atoms with Crippen molar-refractivity contribution in [1.29, 1.82) is 0 Å². The van der Waals surface area contributed by atoms with E-state index >= 15 is 0 Å². The van der Waals surface area contributed by atoms with E-state index < -0.39 is 11.6 Å². The number of rotatable bonds is 5. The van der Waals surface area contributed by atoms with Gasteiger partial charge in [-0.15, -0.1) is 0 Å². The smallest absolute Gasteiger partial charge is 0.249 e. The van der Waals surface area contributed by atoms with Crippen LogP contribution in [0.25, 0.3) is 0 Å². The lowest BCUT2D eigenvalue weighted by molar-refractivity contribution is -0.155. The van der Waals surface area contributed by atoms with Gasteiger partial charge in [0.05, 0.1) is 6.54 Å². The van der Waals surface area contributed by atoms with E-state index in [2.05, 4.69) is 15.4 Å². The Morgan fingerprint density at radius 3 is 2.62 bits per heavy atom. The van der Waals surface area contributed by atoms with Gasteiger partial charge < -0.3 is 10.2 Å². The van der Waals surface area contributed by atoms with Crippen molar-refractivity contribution in [3.63, 3.8) is 0 Å². The van der Waals surface area contributed by atoms with Crippen molar-refractivity contribution in [3.05, 3.63) is 12.2 Å². The number of carbonyl (C=O) groups is 2. The first-order valence-corrected chi connectivity index (χ1v) is 7.46. The lowest BCUT2D eigenvalue weighted by Crippen LogP contribution is -2.68. The predicted molar refractivity (Wildman–Crippen MR) is 77.2 cm³/mol. The van der Waals surface area contributed by atoms with Gasteiger partial charge in [0.25, 0.3) is 0 Å². The van der Waals surface area contributed by atoms with Crippen LogP contribution in [0.5, 0.6) is 0 Å². The maximum Gasteiger partial charge on any atom is 0.249 e. The molecular formula is C14H23N5O2. The molecule has 1 saturated heterocycles. The molecule has 0 spiro atoms. The fourth-order valence-corrected chi connectivity index (χ4v) is 2.66. The Kier molecular flexibility index (Phi) is 4.29. The number of aryl methyl sites for hydroxylation is 1. The maximum absolute atomic E-state index is 12.8. The molecule has 21 heavy (non-hydrogen) atoms. The zero-order valence-corrected chi connectivity index (χ0v) is 13.1. The Balaban J connectivity index is 2.32. The number of amides is 2. The van der Waals surface area contributed by atoms with Crippen LogP contribution in [0.3, 0.4) is 0 Å². The zero-order chi connectivity index (χ0) is 15.6. The highest BCUT2D eigenvalue weighted by molar-refractivity contribution is 5.99. The molecule has 0 bridgehead atoms. The Labute approximate surface area is 124 Å². The predicted octanol–water partition coefficient (Wildman–Crippen LogP) is 0.704. The lowest BCUT2D eigenvalue weighted by atomic mass is 9.91. The first-order valence-electron chi connectivity index (χ1n) is 7.46. The highest BCUT2D eigenvalue weighted by atomic mass is 16.2. The summed E-state index contributed by atoms with van der Waals surface area (Å²) in [7, 11) is 0. The molecule has 1 aliphatic rings. The normalized spacial score (nSPS) is 26.1. The standard InChI is InChI=1S/C14H23N5O2/c1-5-10-12(20)17-14(4,6-2)13(21)18(10)8-11-15-9-16-19(11)7-3/h9-10H,5-8H2,1-4H3,(H,17,20). The third-order valence-electron chi connectivity index (χ3n) is 4.21. The van der Waals surface area contributed by atoms with Crippen LogP contribution in [0.15, 0.2) is 6.33 Å². The van der Waals surface area contributed by atoms with Crippen LogP contribution in [0.1, 0.15) is 46.4 Å². The molecule has 1 N–H and O–H groups in total. The van der Waals surface area contributed by atoms with Crippen LogP contribution >= 0.6 is 0 Å². The van der Waals surface area contributed by atoms with E-state index in [1.807, 2.05) is 20.8 Å². The largest absolute Gasteiger partial charge is 0.340 e. The maximum atomic E-state index is 12.8. The number of carbonyl (C=O) groups excluding carboxylic acids is 2. The third-order valence-corrected chi connectivity index (χ3v) is 4.21. The van der Waals surface area contributed by atoms with Crippen molar-refractivity contribution in [2.75, 3.05) is 0 Å². The molecule has 1 fully saturated rings. The van der Waals surface area contributed by atoms with Crippen LogP contribution in [-0.2, 0) is 22.7 Å². The molecule has 2 atom stereocenters. The van der Waals surface area contributed by atoms with Crippen molar-refractivity contribution >= 4 is 11.8 Å². The first-order chi connectivity index (χ1) is 9.96. The Bertz CT molecular complexity index is 541. The van der Waals surface area contributed by atoms with E-state index in [0.717, 1.165) is 0 Å². The van der Waals surface area contributed by atoms with Gasteiger partial charge in [-0.3, -0.25) is 9.59 Å². The topological polar surface area (TPSA) is 80.1 Å². The van der Waals surface area contributed by atoms with Crippen LogP contribution < -0.4 is 5.32 Å². The number of hydrogen-bond donors (Lipinski definition) is 1. The summed E-state index contributed by atoms with van der Waals surface area (Å²) in [5.74, 6) is 0.559. The van der Waals surface area contributed by atoms with Gasteiger partial charge in [-0.1, -0.05) is 13.8 Å². The highest BCUT2D eigenvalue weighted by Crippen LogP contribution is 2.24. The molecule has 2 unspecified atom stereocenters. The van der Waals surface area contributed by atoms with Crippen LogP contribution in [0.2, 0.25) is 0 Å². The van der Waals surface area contributed by atoms with E-state index in [9.17, 15) is 9.59 Å². The molecule has 2 heterocycles. The van der Waals surface area contributed by atoms with Crippen LogP contribution in [0.4, 0.5) is 0 Å². The van der Waals surface area contributed by atoms with Crippen molar-refractivity contribution in [2.45, 2.75) is 65.2 Å². The zero-order valence-electron chi connectivity index (χ0n) is 13.1. The lowest BCUT2D eigenvalue weighted by Gasteiger charge is -2.43. The summed E-state index contributed by atoms with van der Waals surface area (Å²) in [5.41, 5.74) is -0.834. The van der Waals surface area contributed by atoms with Gasteiger partial charge in [0.2, 0.25) is 11.8 Å². The quantitative estimate of drug-likeness (QED) is 0.867. The summed E-state index contributed by atoms with van der Waals surface area (Å²) in [6, 6.07) is -0.445. The molecule has 1 aromatic heterocycles. The summed E-state index contributed by atoms with van der Waals surface area (Å²) < 4.78 is 1.75. The minimum absolute atomic E-state index is 0.0536. The third kappa shape index (κ3) is 2.64. The molecular weight excluding hydrogens is 270 g/mol. The Morgan fingerprint density at radius 2 is 2.05 bits per heavy atom. The van der Waals surface area contributed by atoms with Gasteiger partial charge >= 0.3 is 0 Å². The molecule has 1 aliphatic heterocycles. The summed E-state index contributed by atoms with van der Waals surface area (Å²) in [4.78, 5) is 30.9. The fraction of sp³-hybridized carbons (Fsp3) is 0.714. The van der Waals surface area contributed by atoms with Gasteiger partial charge in [0.1, 0.15) is 23.7 Å². The highest BCUT2D eigenvalue weighted by Gasteiger charge is 2.46. The SMILES string of the molecule is CCC1C(=O)NC(C)(CC)C(=O)N1Cc1ncnn1CC. The molecule has 0 saturated carbocycles. The summed E-state index contributed by atoms with van der Waals surface area (Å²) in [6.45, 7) is 8.55. The van der Waals surface area contributed by atoms with Gasteiger partial charge in [0.15, 0.2) is 0 Å². The molecule has 2 amide bonds. The van der Waals surface area contributed by atoms with Crippen molar-refractivity contribution in [2.24, 2.45) is 0 Å². The van der Waals surface area contributed by atoms with Gasteiger partial charge in [-0.05, 0) is 26.7 Å². The van der Waals surface area contributed by atoms with Crippen LogP contribution in [-0.4, -0.2) is 43.1 Å². The number of nitrogens with one attached hydrogen (secondary N) is 1. The second-order valence-electron chi connectivity index (χ2n) is 5.52. The molecule has 7 nitrogen and oxygen atoms in total. The second kappa shape index (κ2) is 5.83. The van der Waals surface area contributed by atoms with E-state index in [4.69, 9.17) is 0 Å². The summed E-state index contributed by atoms with van der Waals surface area (Å²) in [6.07, 6.45) is 2.62. The van der Waals surface area contributed by atoms with Crippen LogP contribution in [0, 0.1) is 0 Å². The first kappa shape index (κ1) is 15.5. The molecule has 0 radical (unpaired) electrons. The molecule has 116 valence electrons. The number of hydrogen-bond acceptors (Lipinski definition) is 4. The minimum atomic E-state index is -0.834. The number of piperazine rings is 1. The number of nitrogens with zero attached hydrogens (tertiary/aromatic N) is 4.